The Balaban J connectivity index is 0.601. The van der Waals surface area contributed by atoms with Gasteiger partial charge in [0.15, 0.2) is 11.6 Å². The quantitative estimate of drug-likeness (QED) is 0.0414. The average molecular weight is 1130 g/mol. The van der Waals surface area contributed by atoms with Crippen LogP contribution in [0.5, 0.6) is 0 Å². The molecule has 2 aliphatic heterocycles. The van der Waals surface area contributed by atoms with Gasteiger partial charge in [-0.1, -0.05) is 47.5 Å². The molecular weight excluding hydrogens is 1070 g/mol. The van der Waals surface area contributed by atoms with Crippen molar-refractivity contribution in [2.75, 3.05) is 106 Å². The number of ether oxygens (including phenoxy) is 7. The van der Waals surface area contributed by atoms with Crippen molar-refractivity contribution >= 4 is 69.1 Å². The van der Waals surface area contributed by atoms with Crippen LogP contribution in [0.25, 0.3) is 10.0 Å². The van der Waals surface area contributed by atoms with Crippen molar-refractivity contribution in [3.8, 4) is 10.0 Å². The van der Waals surface area contributed by atoms with Gasteiger partial charge in [-0.15, -0.1) is 43.1 Å². The van der Waals surface area contributed by atoms with Crippen LogP contribution in [0, 0.1) is 41.5 Å². The number of carbonyl (C=O) groups is 2. The number of fused-ring (bicyclic) bond motifs is 6. The lowest BCUT2D eigenvalue weighted by atomic mass is 9.99. The van der Waals surface area contributed by atoms with Gasteiger partial charge in [0, 0.05) is 55.1 Å². The van der Waals surface area contributed by atoms with Gasteiger partial charge >= 0.3 is 0 Å². The molecule has 0 saturated carbocycles. The topological polar surface area (TPSA) is 209 Å². The molecule has 0 spiro atoms. The van der Waals surface area contributed by atoms with Crippen LogP contribution in [0.2, 0.25) is 10.0 Å². The number of nitrogens with zero attached hydrogens (tertiary/aromatic N) is 8. The molecule has 6 heterocycles. The Kier molecular flexibility index (Phi) is 21.4. The van der Waals surface area contributed by atoms with E-state index >= 15 is 0 Å². The Bertz CT molecular complexity index is 2790. The molecule has 2 aromatic carbocycles. The highest BCUT2D eigenvalue weighted by Gasteiger charge is 2.34. The molecule has 23 heteroatoms. The Labute approximate surface area is 466 Å². The van der Waals surface area contributed by atoms with E-state index < -0.39 is 12.1 Å². The van der Waals surface area contributed by atoms with Crippen molar-refractivity contribution in [1.29, 1.82) is 0 Å². The maximum absolute atomic E-state index is 13.2. The zero-order valence-electron chi connectivity index (χ0n) is 44.3. The van der Waals surface area contributed by atoms with Gasteiger partial charge in [-0.3, -0.25) is 28.7 Å². The molecule has 2 atom stereocenters. The van der Waals surface area contributed by atoms with E-state index in [1.807, 2.05) is 71.5 Å². The van der Waals surface area contributed by atoms with Crippen LogP contribution in [-0.2, 0) is 42.7 Å². The predicted octanol–water partition coefficient (Wildman–Crippen LogP) is 7.74. The third kappa shape index (κ3) is 15.1. The predicted molar refractivity (Wildman–Crippen MR) is 298 cm³/mol. The van der Waals surface area contributed by atoms with Gasteiger partial charge in [0.1, 0.15) is 33.7 Å². The highest BCUT2D eigenvalue weighted by molar-refractivity contribution is 7.15. The maximum atomic E-state index is 13.2. The van der Waals surface area contributed by atoms with E-state index in [0.717, 1.165) is 66.5 Å². The van der Waals surface area contributed by atoms with E-state index in [0.29, 0.717) is 127 Å². The number of benzene rings is 2. The van der Waals surface area contributed by atoms with Gasteiger partial charge in [-0.2, -0.15) is 0 Å². The summed E-state index contributed by atoms with van der Waals surface area (Å²) >= 11 is 15.8. The van der Waals surface area contributed by atoms with Crippen molar-refractivity contribution in [1.82, 2.24) is 40.2 Å². The van der Waals surface area contributed by atoms with Gasteiger partial charge in [0.2, 0.25) is 11.8 Å². The van der Waals surface area contributed by atoms with Gasteiger partial charge in [-0.25, -0.2) is 0 Å². The van der Waals surface area contributed by atoms with E-state index in [2.05, 4.69) is 58.7 Å². The first kappa shape index (κ1) is 57.9. The Hall–Kier alpha value is -5.30. The second-order valence-corrected chi connectivity index (χ2v) is 21.5. The van der Waals surface area contributed by atoms with Gasteiger partial charge in [0.05, 0.1) is 117 Å². The first-order chi connectivity index (χ1) is 37.4. The highest BCUT2D eigenvalue weighted by atomic mass is 35.5. The standard InChI is InChI=1S/C54H66Cl2N10O9S2/c1-33-35(3)76-53-47(33)49(39-7-11-41(55)12-8-39)59-43(51-63-61-37(5)65(51)53)31-45(67)57-15-17-69-19-21-71-23-25-73-27-29-75-30-28-74-26-24-72-22-20-70-18-16-58-46(68)32-44-52-64-62-38(6)66(52)54-48(34(2)36(4)77-54)50(60-44)40-9-13-42(56)14-10-40/h7-14,43-44H,15-32H2,1-6H3,(H,57,67)(H,58,68). The zero-order chi connectivity index (χ0) is 54.3. The lowest BCUT2D eigenvalue weighted by Gasteiger charge is -2.13. The monoisotopic (exact) mass is 1130 g/mol. The molecule has 2 unspecified atom stereocenters. The van der Waals surface area contributed by atoms with Crippen molar-refractivity contribution < 1.29 is 42.7 Å². The molecule has 0 saturated heterocycles. The van der Waals surface area contributed by atoms with Crippen LogP contribution < -0.4 is 10.6 Å². The molecule has 0 bridgehead atoms. The molecule has 8 rings (SSSR count). The molecule has 2 N–H and O–H groups in total. The summed E-state index contributed by atoms with van der Waals surface area (Å²) in [6, 6.07) is 14.1. The summed E-state index contributed by atoms with van der Waals surface area (Å²) in [5, 5.41) is 26.9. The van der Waals surface area contributed by atoms with E-state index in [-0.39, 0.29) is 24.7 Å². The maximum Gasteiger partial charge on any atom is 0.222 e. The number of aryl methyl sites for hydroxylation is 4. The number of nitrogens with one attached hydrogen (secondary N) is 2. The summed E-state index contributed by atoms with van der Waals surface area (Å²) in [5.41, 5.74) is 7.75. The lowest BCUT2D eigenvalue weighted by Crippen LogP contribution is -2.29. The molecule has 77 heavy (non-hydrogen) atoms. The molecule has 2 amide bonds. The smallest absolute Gasteiger partial charge is 0.222 e. The Morgan fingerprint density at radius 2 is 0.792 bits per heavy atom. The van der Waals surface area contributed by atoms with Crippen LogP contribution in [0.15, 0.2) is 58.5 Å². The fraction of sp³-hybridized carbons (Fsp3) is 0.481. The minimum Gasteiger partial charge on any atom is -0.377 e. The van der Waals surface area contributed by atoms with Gasteiger partial charge < -0.3 is 43.8 Å². The summed E-state index contributed by atoms with van der Waals surface area (Å²) in [6.45, 7) is 18.6. The highest BCUT2D eigenvalue weighted by Crippen LogP contribution is 2.41. The summed E-state index contributed by atoms with van der Waals surface area (Å²) in [5.74, 6) is 2.42. The number of rotatable bonds is 30. The molecule has 19 nitrogen and oxygen atoms in total. The molecule has 0 aliphatic carbocycles. The minimum absolute atomic E-state index is 0.102. The molecule has 2 aliphatic rings. The normalized spacial score (nSPS) is 14.8. The Morgan fingerprint density at radius 1 is 0.481 bits per heavy atom. The number of halogens is 2. The van der Waals surface area contributed by atoms with E-state index in [1.54, 1.807) is 22.7 Å². The van der Waals surface area contributed by atoms with Crippen LogP contribution in [-0.4, -0.2) is 158 Å². The van der Waals surface area contributed by atoms with Crippen LogP contribution >= 0.6 is 45.9 Å². The van der Waals surface area contributed by atoms with E-state index in [9.17, 15) is 9.59 Å². The summed E-state index contributed by atoms with van der Waals surface area (Å²) < 4.78 is 43.4. The fourth-order valence-corrected chi connectivity index (χ4v) is 11.4. The average Bonchev–Trinajstić information content (AvgIpc) is 4.11. The third-order valence-electron chi connectivity index (χ3n) is 12.8. The number of aromatic nitrogens is 6. The van der Waals surface area contributed by atoms with Crippen LogP contribution in [0.1, 0.15) is 91.4 Å². The fourth-order valence-electron chi connectivity index (χ4n) is 8.71. The second kappa shape index (κ2) is 28.5. The number of thiophene rings is 2. The first-order valence-corrected chi connectivity index (χ1v) is 28.1. The SMILES string of the molecule is Cc1sc2c(c1C)C(c1ccc(Cl)cc1)=NC(CC(=O)NCCOCCOCCOCCOCCOCCOCCOCCNC(=O)CC1N=C(c3ccc(Cl)cc3)c3c(sc(C)c3C)-n3c(C)nnc31)c1nnc(C)n1-2. The molecule has 0 radical (unpaired) electrons. The van der Waals surface area contributed by atoms with Gasteiger partial charge in [-0.05, 0) is 76.9 Å². The summed E-state index contributed by atoms with van der Waals surface area (Å²) in [7, 11) is 0. The van der Waals surface area contributed by atoms with Crippen LogP contribution in [0.4, 0.5) is 0 Å². The van der Waals surface area contributed by atoms with Crippen molar-refractivity contribution in [2.24, 2.45) is 9.98 Å². The van der Waals surface area contributed by atoms with Crippen molar-refractivity contribution in [3.63, 3.8) is 0 Å². The minimum atomic E-state index is -0.545. The van der Waals surface area contributed by atoms with Crippen molar-refractivity contribution in [3.05, 3.63) is 125 Å². The molecule has 4 aromatic heterocycles. The number of amides is 2. The third-order valence-corrected chi connectivity index (χ3v) is 15.7. The molecule has 412 valence electrons. The van der Waals surface area contributed by atoms with E-state index in [4.69, 9.17) is 66.3 Å². The number of hydrogen-bond acceptors (Lipinski definition) is 17. The molecule has 6 aromatic rings. The van der Waals surface area contributed by atoms with Crippen LogP contribution in [0.3, 0.4) is 0 Å². The summed E-state index contributed by atoms with van der Waals surface area (Å²) in [4.78, 5) is 39.1. The number of hydrogen-bond donors (Lipinski definition) is 2. The number of carbonyl (C=O) groups excluding carboxylic acids is 2. The van der Waals surface area contributed by atoms with Gasteiger partial charge in [0.25, 0.3) is 0 Å². The molecular formula is C54H66Cl2N10O9S2. The van der Waals surface area contributed by atoms with Crippen molar-refractivity contribution in [2.45, 2.75) is 66.5 Å². The largest absolute Gasteiger partial charge is 0.377 e. The Morgan fingerprint density at radius 3 is 1.12 bits per heavy atom. The molecule has 0 fully saturated rings. The summed E-state index contributed by atoms with van der Waals surface area (Å²) in [6.07, 6.45) is 0.204. The first-order valence-electron chi connectivity index (χ1n) is 25.7. The zero-order valence-corrected chi connectivity index (χ0v) is 47.5. The second-order valence-electron chi connectivity index (χ2n) is 18.2. The number of aliphatic imine (C=N–C) groups is 2. The lowest BCUT2D eigenvalue weighted by molar-refractivity contribution is -0.122. The van der Waals surface area contributed by atoms with E-state index in [1.165, 1.54) is 9.75 Å².